The van der Waals surface area contributed by atoms with Crippen molar-refractivity contribution in [3.63, 3.8) is 0 Å². The summed E-state index contributed by atoms with van der Waals surface area (Å²) in [6.45, 7) is 4.25. The van der Waals surface area contributed by atoms with Gasteiger partial charge < -0.3 is 15.2 Å². The molecule has 3 heteroatoms. The van der Waals surface area contributed by atoms with Crippen LogP contribution in [-0.4, -0.2) is 31.4 Å². The zero-order valence-corrected chi connectivity index (χ0v) is 12.6. The van der Waals surface area contributed by atoms with Gasteiger partial charge in [0.05, 0.1) is 13.2 Å². The summed E-state index contributed by atoms with van der Waals surface area (Å²) in [7, 11) is 1.69. The molecule has 1 aromatic rings. The number of hydrogen-bond acceptors (Lipinski definition) is 3. The van der Waals surface area contributed by atoms with Gasteiger partial charge in [-0.15, -0.1) is 0 Å². The van der Waals surface area contributed by atoms with E-state index in [0.29, 0.717) is 11.8 Å². The molecular formula is C17H27NO2. The van der Waals surface area contributed by atoms with Crippen LogP contribution in [-0.2, 0) is 0 Å². The highest BCUT2D eigenvalue weighted by Crippen LogP contribution is 2.24. The molecule has 0 heterocycles. The van der Waals surface area contributed by atoms with E-state index in [0.717, 1.165) is 31.7 Å². The molecule has 3 unspecified atom stereocenters. The molecule has 0 bridgehead atoms. The van der Waals surface area contributed by atoms with Crippen molar-refractivity contribution in [3.05, 3.63) is 29.8 Å². The van der Waals surface area contributed by atoms with Gasteiger partial charge in [-0.1, -0.05) is 25.5 Å². The minimum Gasteiger partial charge on any atom is -0.497 e. The number of benzene rings is 1. The number of methoxy groups -OCH3 is 1. The normalized spacial score (nSPS) is 24.4. The van der Waals surface area contributed by atoms with E-state index in [-0.39, 0.29) is 6.10 Å². The van der Waals surface area contributed by atoms with Crippen molar-refractivity contribution in [1.82, 2.24) is 5.32 Å². The van der Waals surface area contributed by atoms with Gasteiger partial charge >= 0.3 is 0 Å². The van der Waals surface area contributed by atoms with Crippen molar-refractivity contribution in [1.29, 1.82) is 0 Å². The van der Waals surface area contributed by atoms with Gasteiger partial charge in [-0.3, -0.25) is 0 Å². The largest absolute Gasteiger partial charge is 0.497 e. The Morgan fingerprint density at radius 1 is 1.30 bits per heavy atom. The van der Waals surface area contributed by atoms with Crippen LogP contribution in [0.4, 0.5) is 0 Å². The molecule has 20 heavy (non-hydrogen) atoms. The number of ether oxygens (including phenoxy) is 1. The first-order chi connectivity index (χ1) is 9.69. The number of hydrogen-bond donors (Lipinski definition) is 2. The van der Waals surface area contributed by atoms with Crippen molar-refractivity contribution in [3.8, 4) is 5.75 Å². The Bertz CT molecular complexity index is 390. The van der Waals surface area contributed by atoms with E-state index in [1.807, 2.05) is 12.1 Å². The molecule has 3 atom stereocenters. The molecule has 3 nitrogen and oxygen atoms in total. The van der Waals surface area contributed by atoms with E-state index in [4.69, 9.17) is 4.74 Å². The molecule has 0 amide bonds. The van der Waals surface area contributed by atoms with Gasteiger partial charge in [0.2, 0.25) is 0 Å². The molecule has 1 saturated carbocycles. The molecule has 1 aromatic carbocycles. The fraction of sp³-hybridized carbons (Fsp3) is 0.647. The van der Waals surface area contributed by atoms with Crippen LogP contribution >= 0.6 is 0 Å². The first-order valence-corrected chi connectivity index (χ1v) is 7.71. The monoisotopic (exact) mass is 277 g/mol. The van der Waals surface area contributed by atoms with Gasteiger partial charge in [0.1, 0.15) is 5.75 Å². The van der Waals surface area contributed by atoms with E-state index < -0.39 is 0 Å². The molecule has 2 N–H and O–H groups in total. The van der Waals surface area contributed by atoms with E-state index in [9.17, 15) is 5.11 Å². The van der Waals surface area contributed by atoms with Crippen LogP contribution in [0, 0.1) is 5.92 Å². The number of aliphatic hydroxyl groups excluding tert-OH is 1. The van der Waals surface area contributed by atoms with Crippen LogP contribution in [0.3, 0.4) is 0 Å². The van der Waals surface area contributed by atoms with Gasteiger partial charge in [-0.2, -0.15) is 0 Å². The summed E-state index contributed by atoms with van der Waals surface area (Å²) >= 11 is 0. The topological polar surface area (TPSA) is 41.5 Å². The molecule has 0 spiro atoms. The third kappa shape index (κ3) is 4.50. The molecular weight excluding hydrogens is 250 g/mol. The predicted molar refractivity (Wildman–Crippen MR) is 82.2 cm³/mol. The van der Waals surface area contributed by atoms with Crippen LogP contribution in [0.1, 0.15) is 44.1 Å². The zero-order chi connectivity index (χ0) is 14.4. The molecule has 1 fully saturated rings. The standard InChI is InChI=1S/C17H27NO2/c1-13(15-6-8-17(20-2)9-7-15)11-18-12-14-4-3-5-16(19)10-14/h6-9,13-14,16,18-19H,3-5,10-12H2,1-2H3. The van der Waals surface area contributed by atoms with Gasteiger partial charge in [-0.05, 0) is 55.3 Å². The second-order valence-corrected chi connectivity index (χ2v) is 6.02. The molecule has 0 radical (unpaired) electrons. The Kier molecular flexibility index (Phi) is 5.86. The summed E-state index contributed by atoms with van der Waals surface area (Å²) in [4.78, 5) is 0. The van der Waals surface area contributed by atoms with E-state index in [1.54, 1.807) is 7.11 Å². The van der Waals surface area contributed by atoms with Crippen molar-refractivity contribution >= 4 is 0 Å². The number of aliphatic hydroxyl groups is 1. The first-order valence-electron chi connectivity index (χ1n) is 7.71. The van der Waals surface area contributed by atoms with Crippen LogP contribution in [0.15, 0.2) is 24.3 Å². The zero-order valence-electron chi connectivity index (χ0n) is 12.6. The summed E-state index contributed by atoms with van der Waals surface area (Å²) < 4.78 is 5.18. The highest BCUT2D eigenvalue weighted by atomic mass is 16.5. The van der Waals surface area contributed by atoms with E-state index in [1.165, 1.54) is 18.4 Å². The fourth-order valence-corrected chi connectivity index (χ4v) is 3.00. The SMILES string of the molecule is COc1ccc(C(C)CNCC2CCCC(O)C2)cc1. The Hall–Kier alpha value is -1.06. The quantitative estimate of drug-likeness (QED) is 0.840. The molecule has 1 aliphatic carbocycles. The van der Waals surface area contributed by atoms with Crippen molar-refractivity contribution in [2.24, 2.45) is 5.92 Å². The van der Waals surface area contributed by atoms with E-state index >= 15 is 0 Å². The Labute approximate surface area is 122 Å². The highest BCUT2D eigenvalue weighted by molar-refractivity contribution is 5.29. The Balaban J connectivity index is 1.72. The third-order valence-corrected chi connectivity index (χ3v) is 4.32. The lowest BCUT2D eigenvalue weighted by Crippen LogP contribution is -2.31. The Morgan fingerprint density at radius 3 is 2.70 bits per heavy atom. The van der Waals surface area contributed by atoms with Gasteiger partial charge in [0, 0.05) is 6.54 Å². The lowest BCUT2D eigenvalue weighted by molar-refractivity contribution is 0.101. The minimum absolute atomic E-state index is 0.0745. The minimum atomic E-state index is -0.0745. The van der Waals surface area contributed by atoms with Gasteiger partial charge in [0.25, 0.3) is 0 Å². The smallest absolute Gasteiger partial charge is 0.118 e. The molecule has 0 saturated heterocycles. The van der Waals surface area contributed by atoms with Gasteiger partial charge in [0.15, 0.2) is 0 Å². The molecule has 0 aromatic heterocycles. The lowest BCUT2D eigenvalue weighted by atomic mass is 9.87. The van der Waals surface area contributed by atoms with Crippen LogP contribution in [0.25, 0.3) is 0 Å². The second kappa shape index (κ2) is 7.65. The average molecular weight is 277 g/mol. The molecule has 0 aliphatic heterocycles. The van der Waals surface area contributed by atoms with Crippen molar-refractivity contribution < 1.29 is 9.84 Å². The van der Waals surface area contributed by atoms with Crippen molar-refractivity contribution in [2.75, 3.05) is 20.2 Å². The third-order valence-electron chi connectivity index (χ3n) is 4.32. The first kappa shape index (κ1) is 15.3. The summed E-state index contributed by atoms with van der Waals surface area (Å²) in [6, 6.07) is 8.30. The second-order valence-electron chi connectivity index (χ2n) is 6.02. The summed E-state index contributed by atoms with van der Waals surface area (Å²) in [5, 5.41) is 13.2. The summed E-state index contributed by atoms with van der Waals surface area (Å²) in [5.74, 6) is 2.04. The molecule has 2 rings (SSSR count). The van der Waals surface area contributed by atoms with Crippen LogP contribution in [0.5, 0.6) is 5.75 Å². The summed E-state index contributed by atoms with van der Waals surface area (Å²) in [6.07, 6.45) is 4.29. The molecule has 112 valence electrons. The highest BCUT2D eigenvalue weighted by Gasteiger charge is 2.19. The Morgan fingerprint density at radius 2 is 2.05 bits per heavy atom. The molecule has 1 aliphatic rings. The number of rotatable bonds is 6. The van der Waals surface area contributed by atoms with E-state index in [2.05, 4.69) is 24.4 Å². The maximum absolute atomic E-state index is 9.68. The fourth-order valence-electron chi connectivity index (χ4n) is 3.00. The lowest BCUT2D eigenvalue weighted by Gasteiger charge is -2.26. The summed E-state index contributed by atoms with van der Waals surface area (Å²) in [5.41, 5.74) is 1.34. The predicted octanol–water partition coefficient (Wildman–Crippen LogP) is 2.94. The van der Waals surface area contributed by atoms with Crippen molar-refractivity contribution in [2.45, 2.75) is 44.6 Å². The maximum Gasteiger partial charge on any atom is 0.118 e. The van der Waals surface area contributed by atoms with Crippen LogP contribution < -0.4 is 10.1 Å². The number of nitrogens with one attached hydrogen (secondary N) is 1. The maximum atomic E-state index is 9.68. The van der Waals surface area contributed by atoms with Gasteiger partial charge in [-0.25, -0.2) is 0 Å². The van der Waals surface area contributed by atoms with Crippen LogP contribution in [0.2, 0.25) is 0 Å². The average Bonchev–Trinajstić information content (AvgIpc) is 2.47.